The minimum Gasteiger partial charge on any atom is -0.367 e. The number of nitrogens with one attached hydrogen (secondary N) is 1. The summed E-state index contributed by atoms with van der Waals surface area (Å²) < 4.78 is 0. The Morgan fingerprint density at radius 1 is 1.35 bits per heavy atom. The van der Waals surface area contributed by atoms with E-state index in [-0.39, 0.29) is 0 Å². The van der Waals surface area contributed by atoms with Crippen molar-refractivity contribution >= 4 is 29.0 Å². The first-order valence-corrected chi connectivity index (χ1v) is 7.79. The molecule has 0 bridgehead atoms. The van der Waals surface area contributed by atoms with Crippen LogP contribution in [0.5, 0.6) is 0 Å². The molecular formula is C17H18ClN3O2. The number of carbonyl (C=O) groups excluding carboxylic acids is 1. The Morgan fingerprint density at radius 3 is 2.91 bits per heavy atom. The summed E-state index contributed by atoms with van der Waals surface area (Å²) in [6.45, 7) is 1.68. The highest BCUT2D eigenvalue weighted by molar-refractivity contribution is 6.30. The topological polar surface area (TPSA) is 55.8 Å². The van der Waals surface area contributed by atoms with Gasteiger partial charge in [-0.3, -0.25) is 5.21 Å². The van der Waals surface area contributed by atoms with Crippen molar-refractivity contribution < 1.29 is 10.0 Å². The number of benzene rings is 2. The van der Waals surface area contributed by atoms with Crippen molar-refractivity contribution in [1.29, 1.82) is 0 Å². The van der Waals surface area contributed by atoms with Gasteiger partial charge in [-0.25, -0.2) is 4.79 Å². The third-order valence-corrected chi connectivity index (χ3v) is 4.20. The number of amides is 2. The van der Waals surface area contributed by atoms with Crippen LogP contribution in [-0.4, -0.2) is 24.8 Å². The van der Waals surface area contributed by atoms with Gasteiger partial charge in [0.15, 0.2) is 0 Å². The second-order valence-corrected chi connectivity index (χ2v) is 5.92. The molecule has 6 heteroatoms. The largest absolute Gasteiger partial charge is 0.367 e. The van der Waals surface area contributed by atoms with E-state index in [9.17, 15) is 10.0 Å². The van der Waals surface area contributed by atoms with E-state index < -0.39 is 6.03 Å². The standard InChI is InChI=1S/C17H18ClN3O2/c1-19-17(22)21(23)15-5-6-16-13(10-15)7-8-20(16)11-12-3-2-4-14(18)9-12/h2-6,9-10,23H,7-8,11H2,1H3,(H,19,22). The molecule has 120 valence electrons. The van der Waals surface area contributed by atoms with Crippen molar-refractivity contribution in [3.05, 3.63) is 58.6 Å². The number of fused-ring (bicyclic) bond motifs is 1. The summed E-state index contributed by atoms with van der Waals surface area (Å²) in [5.74, 6) is 0. The molecule has 1 heterocycles. The third kappa shape index (κ3) is 3.25. The van der Waals surface area contributed by atoms with Gasteiger partial charge < -0.3 is 10.2 Å². The van der Waals surface area contributed by atoms with Crippen LogP contribution in [0.1, 0.15) is 11.1 Å². The molecule has 0 fully saturated rings. The molecule has 2 aromatic carbocycles. The van der Waals surface area contributed by atoms with E-state index in [1.165, 1.54) is 7.05 Å². The van der Waals surface area contributed by atoms with Crippen molar-refractivity contribution in [2.45, 2.75) is 13.0 Å². The van der Waals surface area contributed by atoms with Gasteiger partial charge in [-0.15, -0.1) is 0 Å². The second kappa shape index (κ2) is 6.48. The summed E-state index contributed by atoms with van der Waals surface area (Å²) in [6.07, 6.45) is 0.880. The second-order valence-electron chi connectivity index (χ2n) is 5.48. The fourth-order valence-corrected chi connectivity index (χ4v) is 3.04. The number of hydrogen-bond donors (Lipinski definition) is 2. The van der Waals surface area contributed by atoms with Crippen LogP contribution in [0, 0.1) is 0 Å². The van der Waals surface area contributed by atoms with E-state index >= 15 is 0 Å². The van der Waals surface area contributed by atoms with E-state index in [0.29, 0.717) is 10.8 Å². The average Bonchev–Trinajstić information content (AvgIpc) is 2.95. The van der Waals surface area contributed by atoms with Crippen LogP contribution in [-0.2, 0) is 13.0 Å². The zero-order valence-electron chi connectivity index (χ0n) is 12.8. The Labute approximate surface area is 140 Å². The van der Waals surface area contributed by atoms with Crippen molar-refractivity contribution in [1.82, 2.24) is 5.32 Å². The van der Waals surface area contributed by atoms with E-state index in [4.69, 9.17) is 11.6 Å². The van der Waals surface area contributed by atoms with Crippen molar-refractivity contribution in [3.8, 4) is 0 Å². The van der Waals surface area contributed by atoms with Gasteiger partial charge >= 0.3 is 6.03 Å². The molecular weight excluding hydrogens is 314 g/mol. The highest BCUT2D eigenvalue weighted by Gasteiger charge is 2.21. The third-order valence-electron chi connectivity index (χ3n) is 3.97. The van der Waals surface area contributed by atoms with Gasteiger partial charge in [-0.05, 0) is 47.9 Å². The smallest absolute Gasteiger partial charge is 0.345 e. The summed E-state index contributed by atoms with van der Waals surface area (Å²) in [7, 11) is 1.48. The van der Waals surface area contributed by atoms with Crippen LogP contribution in [0.4, 0.5) is 16.2 Å². The fraction of sp³-hybridized carbons (Fsp3) is 0.235. The minimum absolute atomic E-state index is 0.465. The van der Waals surface area contributed by atoms with Gasteiger partial charge in [-0.2, -0.15) is 5.06 Å². The molecule has 1 aliphatic rings. The normalized spacial score (nSPS) is 12.9. The molecule has 0 saturated carbocycles. The SMILES string of the molecule is CNC(=O)N(O)c1ccc2c(c1)CCN2Cc1cccc(Cl)c1. The molecule has 2 amide bonds. The Hall–Kier alpha value is -2.24. The van der Waals surface area contributed by atoms with Crippen LogP contribution in [0.15, 0.2) is 42.5 Å². The maximum atomic E-state index is 11.5. The molecule has 1 aliphatic heterocycles. The van der Waals surface area contributed by atoms with Gasteiger partial charge in [0.25, 0.3) is 0 Å². The van der Waals surface area contributed by atoms with Crippen LogP contribution < -0.4 is 15.3 Å². The van der Waals surface area contributed by atoms with E-state index in [1.807, 2.05) is 30.3 Å². The van der Waals surface area contributed by atoms with Crippen molar-refractivity contribution in [2.75, 3.05) is 23.6 Å². The molecule has 0 unspecified atom stereocenters. The number of rotatable bonds is 3. The number of hydroxylamine groups is 1. The molecule has 3 rings (SSSR count). The number of carbonyl (C=O) groups is 1. The molecule has 2 N–H and O–H groups in total. The van der Waals surface area contributed by atoms with Gasteiger partial charge in [0.05, 0.1) is 5.69 Å². The van der Waals surface area contributed by atoms with Crippen LogP contribution in [0.25, 0.3) is 0 Å². The summed E-state index contributed by atoms with van der Waals surface area (Å²) in [4.78, 5) is 13.8. The maximum absolute atomic E-state index is 11.5. The highest BCUT2D eigenvalue weighted by atomic mass is 35.5. The molecule has 0 aliphatic carbocycles. The van der Waals surface area contributed by atoms with Gasteiger partial charge in [-0.1, -0.05) is 23.7 Å². The van der Waals surface area contributed by atoms with E-state index in [0.717, 1.165) is 41.3 Å². The van der Waals surface area contributed by atoms with Crippen LogP contribution in [0.3, 0.4) is 0 Å². The molecule has 2 aromatic rings. The average molecular weight is 332 g/mol. The Kier molecular flexibility index (Phi) is 4.41. The summed E-state index contributed by atoms with van der Waals surface area (Å²) in [6, 6.07) is 12.8. The first kappa shape index (κ1) is 15.6. The summed E-state index contributed by atoms with van der Waals surface area (Å²) in [5.41, 5.74) is 3.86. The lowest BCUT2D eigenvalue weighted by Crippen LogP contribution is -2.35. The minimum atomic E-state index is -0.557. The summed E-state index contributed by atoms with van der Waals surface area (Å²) >= 11 is 6.04. The lowest BCUT2D eigenvalue weighted by molar-refractivity contribution is 0.206. The molecule has 23 heavy (non-hydrogen) atoms. The number of hydrogen-bond acceptors (Lipinski definition) is 3. The molecule has 0 atom stereocenters. The summed E-state index contributed by atoms with van der Waals surface area (Å²) in [5, 5.41) is 13.6. The quantitative estimate of drug-likeness (QED) is 0.669. The Balaban J connectivity index is 1.80. The number of nitrogens with zero attached hydrogens (tertiary/aromatic N) is 2. The Bertz CT molecular complexity index is 736. The molecule has 0 spiro atoms. The predicted molar refractivity (Wildman–Crippen MR) is 91.4 cm³/mol. The number of urea groups is 1. The molecule has 5 nitrogen and oxygen atoms in total. The predicted octanol–water partition coefficient (Wildman–Crippen LogP) is 3.44. The first-order valence-electron chi connectivity index (χ1n) is 7.41. The van der Waals surface area contributed by atoms with Crippen LogP contribution in [0.2, 0.25) is 5.02 Å². The highest BCUT2D eigenvalue weighted by Crippen LogP contribution is 2.32. The van der Waals surface area contributed by atoms with E-state index in [2.05, 4.69) is 16.3 Å². The molecule has 0 aromatic heterocycles. The van der Waals surface area contributed by atoms with Crippen LogP contribution >= 0.6 is 11.6 Å². The lowest BCUT2D eigenvalue weighted by Gasteiger charge is -2.20. The maximum Gasteiger partial charge on any atom is 0.345 e. The van der Waals surface area contributed by atoms with Gasteiger partial charge in [0, 0.05) is 30.8 Å². The molecule has 0 radical (unpaired) electrons. The number of anilines is 2. The first-order chi connectivity index (χ1) is 11.1. The van der Waals surface area contributed by atoms with E-state index in [1.54, 1.807) is 6.07 Å². The Morgan fingerprint density at radius 2 is 2.17 bits per heavy atom. The van der Waals surface area contributed by atoms with Crippen molar-refractivity contribution in [2.24, 2.45) is 0 Å². The zero-order valence-corrected chi connectivity index (χ0v) is 13.5. The zero-order chi connectivity index (χ0) is 16.4. The monoisotopic (exact) mass is 331 g/mol. The molecule has 0 saturated heterocycles. The van der Waals surface area contributed by atoms with Crippen molar-refractivity contribution in [3.63, 3.8) is 0 Å². The lowest BCUT2D eigenvalue weighted by atomic mass is 10.1. The fourth-order valence-electron chi connectivity index (χ4n) is 2.83. The van der Waals surface area contributed by atoms with Gasteiger partial charge in [0.2, 0.25) is 0 Å². The van der Waals surface area contributed by atoms with Gasteiger partial charge in [0.1, 0.15) is 0 Å². The number of halogens is 1.